The van der Waals surface area contributed by atoms with Gasteiger partial charge in [-0.3, -0.25) is 0 Å². The summed E-state index contributed by atoms with van der Waals surface area (Å²) in [7, 11) is 1.61. The van der Waals surface area contributed by atoms with Crippen LogP contribution in [0.1, 0.15) is 58.3 Å². The summed E-state index contributed by atoms with van der Waals surface area (Å²) in [5, 5.41) is 11.0. The number of ether oxygens (including phenoxy) is 2. The predicted molar refractivity (Wildman–Crippen MR) is 89.6 cm³/mol. The van der Waals surface area contributed by atoms with Crippen LogP contribution < -0.4 is 5.32 Å². The van der Waals surface area contributed by atoms with E-state index in [1.165, 1.54) is 38.5 Å². The molecule has 5 rings (SSSR count). The second kappa shape index (κ2) is 5.70. The van der Waals surface area contributed by atoms with Crippen molar-refractivity contribution in [3.8, 4) is 0 Å². The Morgan fingerprint density at radius 2 is 1.88 bits per heavy atom. The minimum Gasteiger partial charge on any atom is -0.406 e. The Kier molecular flexibility index (Phi) is 3.88. The first-order valence-electron chi connectivity index (χ1n) is 9.11. The topological polar surface area (TPSA) is 69.4 Å². The van der Waals surface area contributed by atoms with Crippen LogP contribution in [-0.2, 0) is 16.1 Å². The molecule has 0 amide bonds. The molecular weight excluding hydrogens is 306 g/mol. The monoisotopic (exact) mass is 335 g/mol. The van der Waals surface area contributed by atoms with Gasteiger partial charge in [-0.05, 0) is 55.3 Å². The van der Waals surface area contributed by atoms with Crippen LogP contribution >= 0.6 is 0 Å². The quantitative estimate of drug-likeness (QED) is 0.770. The highest BCUT2D eigenvalue weighted by Gasteiger charge is 2.60. The minimum absolute atomic E-state index is 0.0979. The van der Waals surface area contributed by atoms with Crippen molar-refractivity contribution < 1.29 is 13.9 Å². The smallest absolute Gasteiger partial charge is 0.315 e. The molecule has 6 nitrogen and oxygen atoms in total. The highest BCUT2D eigenvalue weighted by atomic mass is 16.5. The molecule has 4 fully saturated rings. The Bertz CT molecular complexity index is 584. The molecule has 24 heavy (non-hydrogen) atoms. The fraction of sp³-hybridized carbons (Fsp3) is 0.889. The molecule has 6 heteroatoms. The van der Waals surface area contributed by atoms with Gasteiger partial charge in [0, 0.05) is 13.7 Å². The average Bonchev–Trinajstić information content (AvgIpc) is 2.88. The van der Waals surface area contributed by atoms with Gasteiger partial charge >= 0.3 is 6.01 Å². The second-order valence-corrected chi connectivity index (χ2v) is 9.02. The Balaban J connectivity index is 1.31. The van der Waals surface area contributed by atoms with Crippen LogP contribution in [0.25, 0.3) is 0 Å². The number of anilines is 1. The normalized spacial score (nSPS) is 40.2. The van der Waals surface area contributed by atoms with Crippen molar-refractivity contribution in [3.63, 3.8) is 0 Å². The van der Waals surface area contributed by atoms with E-state index in [9.17, 15) is 0 Å². The molecule has 0 aromatic carbocycles. The maximum Gasteiger partial charge on any atom is 0.315 e. The molecule has 4 saturated carbocycles. The number of aromatic nitrogens is 2. The summed E-state index contributed by atoms with van der Waals surface area (Å²) in [5.74, 6) is 1.35. The summed E-state index contributed by atoms with van der Waals surface area (Å²) in [6, 6.07) is 0.440. The van der Waals surface area contributed by atoms with Crippen molar-refractivity contribution in [2.45, 2.75) is 64.6 Å². The first-order chi connectivity index (χ1) is 11.4. The zero-order chi connectivity index (χ0) is 16.8. The van der Waals surface area contributed by atoms with Gasteiger partial charge in [-0.1, -0.05) is 18.9 Å². The molecule has 1 heterocycles. The third-order valence-corrected chi connectivity index (χ3v) is 6.10. The summed E-state index contributed by atoms with van der Waals surface area (Å²) >= 11 is 0. The molecule has 4 aliphatic rings. The van der Waals surface area contributed by atoms with Gasteiger partial charge in [0.25, 0.3) is 0 Å². The standard InChI is InChI=1S/C18H29N3O3/c1-16-6-13-7-17(2,10-16)12-18(8-13,11-16)23-5-4-19-15-21-20-14(24-15)9-22-3/h13H,4-12H2,1-3H3,(H,19,21). The minimum atomic E-state index is 0.0979. The lowest BCUT2D eigenvalue weighted by Crippen LogP contribution is -2.59. The molecule has 0 radical (unpaired) electrons. The summed E-state index contributed by atoms with van der Waals surface area (Å²) < 4.78 is 16.9. The van der Waals surface area contributed by atoms with E-state index < -0.39 is 0 Å². The lowest BCUT2D eigenvalue weighted by atomic mass is 9.43. The average molecular weight is 335 g/mol. The zero-order valence-electron chi connectivity index (χ0n) is 15.1. The third kappa shape index (κ3) is 3.06. The fourth-order valence-corrected chi connectivity index (χ4v) is 6.44. The highest BCUT2D eigenvalue weighted by Crippen LogP contribution is 2.67. The van der Waals surface area contributed by atoms with E-state index in [-0.39, 0.29) is 5.60 Å². The van der Waals surface area contributed by atoms with Crippen LogP contribution in [0.5, 0.6) is 0 Å². The number of rotatable bonds is 7. The van der Waals surface area contributed by atoms with E-state index in [4.69, 9.17) is 13.9 Å². The maximum absolute atomic E-state index is 6.47. The molecule has 4 aliphatic carbocycles. The number of methoxy groups -OCH3 is 1. The SMILES string of the molecule is COCc1nnc(NCCOC23CC4CC(C)(CC(C)(C4)C2)C3)o1. The first-order valence-corrected chi connectivity index (χ1v) is 9.11. The molecule has 1 aromatic heterocycles. The second-order valence-electron chi connectivity index (χ2n) is 9.02. The van der Waals surface area contributed by atoms with Gasteiger partial charge in [-0.25, -0.2) is 0 Å². The molecule has 4 bridgehead atoms. The highest BCUT2D eigenvalue weighted by molar-refractivity contribution is 5.16. The van der Waals surface area contributed by atoms with Crippen LogP contribution in [0.2, 0.25) is 0 Å². The van der Waals surface area contributed by atoms with Crippen molar-refractivity contribution in [1.82, 2.24) is 10.2 Å². The van der Waals surface area contributed by atoms with Crippen molar-refractivity contribution in [2.24, 2.45) is 16.7 Å². The Hall–Kier alpha value is -1.14. The molecule has 0 aliphatic heterocycles. The fourth-order valence-electron chi connectivity index (χ4n) is 6.44. The Morgan fingerprint density at radius 1 is 1.12 bits per heavy atom. The zero-order valence-corrected chi connectivity index (χ0v) is 15.1. The van der Waals surface area contributed by atoms with Crippen LogP contribution in [0.3, 0.4) is 0 Å². The van der Waals surface area contributed by atoms with Crippen LogP contribution in [0.15, 0.2) is 4.42 Å². The first kappa shape index (κ1) is 16.3. The van der Waals surface area contributed by atoms with Gasteiger partial charge < -0.3 is 19.2 Å². The summed E-state index contributed by atoms with van der Waals surface area (Å²) in [6.45, 7) is 6.66. The van der Waals surface area contributed by atoms with E-state index in [0.717, 1.165) is 5.92 Å². The number of hydrogen-bond donors (Lipinski definition) is 1. The molecular formula is C18H29N3O3. The Morgan fingerprint density at radius 3 is 2.54 bits per heavy atom. The summed E-state index contributed by atoms with van der Waals surface area (Å²) in [4.78, 5) is 0. The molecule has 2 unspecified atom stereocenters. The lowest BCUT2D eigenvalue weighted by molar-refractivity contribution is -0.212. The van der Waals surface area contributed by atoms with Crippen LogP contribution in [-0.4, -0.2) is 36.1 Å². The largest absolute Gasteiger partial charge is 0.406 e. The Labute approximate surface area is 143 Å². The molecule has 0 saturated heterocycles. The molecule has 2 atom stereocenters. The number of hydrogen-bond acceptors (Lipinski definition) is 6. The van der Waals surface area contributed by atoms with Gasteiger partial charge in [0.15, 0.2) is 0 Å². The number of nitrogens with one attached hydrogen (secondary N) is 1. The van der Waals surface area contributed by atoms with E-state index in [2.05, 4.69) is 29.4 Å². The molecule has 134 valence electrons. The van der Waals surface area contributed by atoms with Crippen molar-refractivity contribution >= 4 is 6.01 Å². The van der Waals surface area contributed by atoms with E-state index in [1.54, 1.807) is 7.11 Å². The van der Waals surface area contributed by atoms with Gasteiger partial charge in [-0.15, -0.1) is 5.10 Å². The number of nitrogens with zero attached hydrogens (tertiary/aromatic N) is 2. The molecule has 0 spiro atoms. The van der Waals surface area contributed by atoms with Crippen molar-refractivity contribution in [3.05, 3.63) is 5.89 Å². The van der Waals surface area contributed by atoms with Gasteiger partial charge in [0.2, 0.25) is 5.89 Å². The van der Waals surface area contributed by atoms with Gasteiger partial charge in [0.1, 0.15) is 6.61 Å². The predicted octanol–water partition coefficient (Wildman–Crippen LogP) is 3.39. The third-order valence-electron chi connectivity index (χ3n) is 6.10. The van der Waals surface area contributed by atoms with E-state index in [0.29, 0.717) is 42.5 Å². The molecule has 1 N–H and O–H groups in total. The molecule has 1 aromatic rings. The van der Waals surface area contributed by atoms with Crippen molar-refractivity contribution in [2.75, 3.05) is 25.6 Å². The van der Waals surface area contributed by atoms with E-state index >= 15 is 0 Å². The van der Waals surface area contributed by atoms with E-state index in [1.807, 2.05) is 0 Å². The van der Waals surface area contributed by atoms with Crippen LogP contribution in [0, 0.1) is 16.7 Å². The van der Waals surface area contributed by atoms with Gasteiger partial charge in [0.05, 0.1) is 12.2 Å². The summed E-state index contributed by atoms with van der Waals surface area (Å²) in [5.41, 5.74) is 1.08. The lowest BCUT2D eigenvalue weighted by Gasteiger charge is -2.65. The van der Waals surface area contributed by atoms with Crippen LogP contribution in [0.4, 0.5) is 6.01 Å². The van der Waals surface area contributed by atoms with Crippen molar-refractivity contribution in [1.29, 1.82) is 0 Å². The maximum atomic E-state index is 6.47. The summed E-state index contributed by atoms with van der Waals surface area (Å²) in [6.07, 6.45) is 7.88. The van der Waals surface area contributed by atoms with Gasteiger partial charge in [-0.2, -0.15) is 0 Å².